The van der Waals surface area contributed by atoms with Crippen molar-refractivity contribution in [2.24, 2.45) is 0 Å². The molecule has 1 heterocycles. The highest BCUT2D eigenvalue weighted by molar-refractivity contribution is 6.19. The molecular formula is C8H5ClFN. The lowest BCUT2D eigenvalue weighted by Crippen LogP contribution is -1.81. The highest BCUT2D eigenvalue weighted by atomic mass is 35.5. The van der Waals surface area contributed by atoms with Gasteiger partial charge in [0.25, 0.3) is 0 Å². The first-order chi connectivity index (χ1) is 5.33. The van der Waals surface area contributed by atoms with Gasteiger partial charge >= 0.3 is 0 Å². The molecule has 56 valence electrons. The molecule has 1 rings (SSSR count). The molecule has 0 spiro atoms. The maximum Gasteiger partial charge on any atom is 0.212 e. The van der Waals surface area contributed by atoms with E-state index in [4.69, 9.17) is 11.6 Å². The first-order valence-corrected chi connectivity index (χ1v) is 3.53. The molecule has 0 atom stereocenters. The van der Waals surface area contributed by atoms with Crippen molar-refractivity contribution in [3.63, 3.8) is 0 Å². The predicted molar refractivity (Wildman–Crippen MR) is 41.8 cm³/mol. The fraction of sp³-hybridized carbons (Fsp3) is 0.125. The van der Waals surface area contributed by atoms with Crippen molar-refractivity contribution in [2.75, 3.05) is 5.88 Å². The Kier molecular flexibility index (Phi) is 2.88. The summed E-state index contributed by atoms with van der Waals surface area (Å²) in [5, 5.41) is 0. The van der Waals surface area contributed by atoms with Crippen LogP contribution in [0.15, 0.2) is 18.3 Å². The Morgan fingerprint density at radius 3 is 2.91 bits per heavy atom. The average Bonchev–Trinajstić information content (AvgIpc) is 2.04. The predicted octanol–water partition coefficient (Wildman–Crippen LogP) is 1.81. The minimum atomic E-state index is -0.499. The molecule has 0 aliphatic carbocycles. The Morgan fingerprint density at radius 2 is 2.36 bits per heavy atom. The molecule has 0 aromatic carbocycles. The lowest BCUT2D eigenvalue weighted by atomic mass is 10.3. The molecular weight excluding hydrogens is 165 g/mol. The minimum Gasteiger partial charge on any atom is -0.227 e. The summed E-state index contributed by atoms with van der Waals surface area (Å²) in [6, 6.07) is 2.82. The molecule has 0 aliphatic rings. The van der Waals surface area contributed by atoms with Crippen molar-refractivity contribution < 1.29 is 4.39 Å². The summed E-state index contributed by atoms with van der Waals surface area (Å²) >= 11 is 5.31. The van der Waals surface area contributed by atoms with Crippen molar-refractivity contribution >= 4 is 11.6 Å². The van der Waals surface area contributed by atoms with Gasteiger partial charge in [0.1, 0.15) is 0 Å². The molecule has 1 aromatic rings. The van der Waals surface area contributed by atoms with Crippen LogP contribution in [0, 0.1) is 17.8 Å². The van der Waals surface area contributed by atoms with Crippen LogP contribution in [0.25, 0.3) is 0 Å². The van der Waals surface area contributed by atoms with E-state index in [1.807, 2.05) is 0 Å². The molecule has 1 aromatic heterocycles. The number of halogens is 2. The molecule has 0 aliphatic heterocycles. The van der Waals surface area contributed by atoms with Crippen molar-refractivity contribution in [2.45, 2.75) is 0 Å². The second-order valence-electron chi connectivity index (χ2n) is 1.81. The van der Waals surface area contributed by atoms with E-state index in [9.17, 15) is 4.39 Å². The monoisotopic (exact) mass is 169 g/mol. The molecule has 0 bridgehead atoms. The molecule has 1 nitrogen and oxygen atoms in total. The molecule has 0 radical (unpaired) electrons. The Bertz CT molecular complexity index is 283. The number of rotatable bonds is 0. The molecule has 0 N–H and O–H groups in total. The van der Waals surface area contributed by atoms with Gasteiger partial charge in [-0.25, -0.2) is 4.98 Å². The van der Waals surface area contributed by atoms with E-state index in [0.29, 0.717) is 5.56 Å². The van der Waals surface area contributed by atoms with Gasteiger partial charge in [-0.15, -0.1) is 11.6 Å². The smallest absolute Gasteiger partial charge is 0.212 e. The van der Waals surface area contributed by atoms with Crippen molar-refractivity contribution in [1.29, 1.82) is 0 Å². The summed E-state index contributed by atoms with van der Waals surface area (Å²) in [5.74, 6) is 5.12. The van der Waals surface area contributed by atoms with E-state index in [0.717, 1.165) is 0 Å². The Hall–Kier alpha value is -1.07. The maximum atomic E-state index is 12.2. The first-order valence-electron chi connectivity index (χ1n) is 2.99. The third-order valence-electron chi connectivity index (χ3n) is 1.03. The number of aromatic nitrogens is 1. The van der Waals surface area contributed by atoms with Gasteiger partial charge in [-0.2, -0.15) is 4.39 Å². The van der Waals surface area contributed by atoms with E-state index in [2.05, 4.69) is 16.8 Å². The standard InChI is InChI=1S/C8H5ClFN/c9-5-1-2-7-3-4-8(10)11-6-7/h3-4,6H,5H2. The van der Waals surface area contributed by atoms with Crippen LogP contribution in [0.3, 0.4) is 0 Å². The minimum absolute atomic E-state index is 0.275. The van der Waals surface area contributed by atoms with Crippen molar-refractivity contribution in [1.82, 2.24) is 4.98 Å². The molecule has 0 unspecified atom stereocenters. The SMILES string of the molecule is Fc1ccc(C#CCCl)cn1. The fourth-order valence-corrected chi connectivity index (χ4v) is 0.652. The highest BCUT2D eigenvalue weighted by Gasteiger charge is 1.88. The molecule has 3 heteroatoms. The summed E-state index contributed by atoms with van der Waals surface area (Å²) in [7, 11) is 0. The van der Waals surface area contributed by atoms with Crippen LogP contribution in [0.2, 0.25) is 0 Å². The van der Waals surface area contributed by atoms with Gasteiger partial charge in [0, 0.05) is 11.8 Å². The van der Waals surface area contributed by atoms with Gasteiger partial charge in [0.15, 0.2) is 0 Å². The summed E-state index contributed by atoms with van der Waals surface area (Å²) in [5.41, 5.74) is 0.673. The van der Waals surface area contributed by atoms with E-state index >= 15 is 0 Å². The zero-order valence-corrected chi connectivity index (χ0v) is 6.40. The van der Waals surface area contributed by atoms with Crippen LogP contribution in [-0.4, -0.2) is 10.9 Å². The van der Waals surface area contributed by atoms with Gasteiger partial charge in [-0.1, -0.05) is 11.8 Å². The third-order valence-corrected chi connectivity index (χ3v) is 1.16. The Labute approximate surface area is 69.2 Å². The third kappa shape index (κ3) is 2.57. The number of hydrogen-bond donors (Lipinski definition) is 0. The van der Waals surface area contributed by atoms with E-state index in [-0.39, 0.29) is 5.88 Å². The zero-order chi connectivity index (χ0) is 8.10. The molecule has 0 fully saturated rings. The van der Waals surface area contributed by atoms with Crippen molar-refractivity contribution in [3.8, 4) is 11.8 Å². The summed E-state index contributed by atoms with van der Waals surface area (Å²) in [4.78, 5) is 3.42. The highest BCUT2D eigenvalue weighted by Crippen LogP contribution is 1.95. The van der Waals surface area contributed by atoms with Crippen LogP contribution >= 0.6 is 11.6 Å². The summed E-state index contributed by atoms with van der Waals surface area (Å²) < 4.78 is 12.2. The topological polar surface area (TPSA) is 12.9 Å². The lowest BCUT2D eigenvalue weighted by molar-refractivity contribution is 0.583. The number of hydrogen-bond acceptors (Lipinski definition) is 1. The molecule has 11 heavy (non-hydrogen) atoms. The van der Waals surface area contributed by atoms with Gasteiger partial charge in [-0.05, 0) is 12.1 Å². The average molecular weight is 170 g/mol. The summed E-state index contributed by atoms with van der Waals surface area (Å²) in [6.45, 7) is 0. The fourth-order valence-electron chi connectivity index (χ4n) is 0.585. The maximum absolute atomic E-state index is 12.2. The molecule has 0 amide bonds. The first kappa shape index (κ1) is 8.03. The lowest BCUT2D eigenvalue weighted by Gasteiger charge is -1.86. The van der Waals surface area contributed by atoms with E-state index in [1.54, 1.807) is 6.07 Å². The largest absolute Gasteiger partial charge is 0.227 e. The molecule has 0 saturated heterocycles. The van der Waals surface area contributed by atoms with Gasteiger partial charge in [-0.3, -0.25) is 0 Å². The van der Waals surface area contributed by atoms with Crippen molar-refractivity contribution in [3.05, 3.63) is 29.8 Å². The summed E-state index contributed by atoms with van der Waals surface area (Å²) in [6.07, 6.45) is 1.37. The van der Waals surface area contributed by atoms with Crippen LogP contribution in [0.5, 0.6) is 0 Å². The van der Waals surface area contributed by atoms with Crippen LogP contribution in [0.1, 0.15) is 5.56 Å². The van der Waals surface area contributed by atoms with Gasteiger partial charge in [0.2, 0.25) is 5.95 Å². The number of pyridine rings is 1. The van der Waals surface area contributed by atoms with Gasteiger partial charge in [0.05, 0.1) is 5.88 Å². The second-order valence-corrected chi connectivity index (χ2v) is 2.07. The zero-order valence-electron chi connectivity index (χ0n) is 5.64. The molecule has 0 saturated carbocycles. The van der Waals surface area contributed by atoms with Crippen LogP contribution in [0.4, 0.5) is 4.39 Å². The Morgan fingerprint density at radius 1 is 1.55 bits per heavy atom. The normalized spacial score (nSPS) is 8.55. The second kappa shape index (κ2) is 3.95. The number of alkyl halides is 1. The van der Waals surface area contributed by atoms with Crippen LogP contribution in [-0.2, 0) is 0 Å². The quantitative estimate of drug-likeness (QED) is 0.328. The Balaban J connectivity index is 2.82. The van der Waals surface area contributed by atoms with E-state index < -0.39 is 5.95 Å². The van der Waals surface area contributed by atoms with Gasteiger partial charge < -0.3 is 0 Å². The van der Waals surface area contributed by atoms with E-state index in [1.165, 1.54) is 12.3 Å². The van der Waals surface area contributed by atoms with Crippen LogP contribution < -0.4 is 0 Å². The number of nitrogens with zero attached hydrogens (tertiary/aromatic N) is 1.